The van der Waals surface area contributed by atoms with Gasteiger partial charge in [-0.25, -0.2) is 19.4 Å². The third-order valence-electron chi connectivity index (χ3n) is 6.97. The lowest BCUT2D eigenvalue weighted by Crippen LogP contribution is -2.30. The molecule has 1 aromatic heterocycles. The molecule has 1 unspecified atom stereocenters. The Balaban J connectivity index is 1.60. The summed E-state index contributed by atoms with van der Waals surface area (Å²) in [6.45, 7) is 14.3. The van der Waals surface area contributed by atoms with Crippen molar-refractivity contribution in [1.82, 2.24) is 9.99 Å². The zero-order chi connectivity index (χ0) is 29.5. The highest BCUT2D eigenvalue weighted by atomic mass is 19.1. The summed E-state index contributed by atoms with van der Waals surface area (Å²) in [5.41, 5.74) is 9.50. The fourth-order valence-corrected chi connectivity index (χ4v) is 4.82. The number of pyridine rings is 1. The molecule has 0 radical (unpaired) electrons. The molecule has 0 spiro atoms. The van der Waals surface area contributed by atoms with E-state index in [1.807, 2.05) is 45.9 Å². The van der Waals surface area contributed by atoms with Crippen molar-refractivity contribution in [2.75, 3.05) is 24.6 Å². The van der Waals surface area contributed by atoms with Gasteiger partial charge in [0, 0.05) is 43.6 Å². The van der Waals surface area contributed by atoms with Crippen LogP contribution in [0.4, 0.5) is 15.9 Å². The number of ether oxygens (including phenoxy) is 2. The second-order valence-corrected chi connectivity index (χ2v) is 10.5. The number of fused-ring (bicyclic) bond motifs is 1. The topological polar surface area (TPSA) is 88.6 Å². The fraction of sp³-hybridized carbons (Fsp3) is 0.406. The molecule has 4 rings (SSSR count). The van der Waals surface area contributed by atoms with Crippen LogP contribution in [0.5, 0.6) is 11.5 Å². The molecule has 2 aromatic rings. The van der Waals surface area contributed by atoms with Crippen molar-refractivity contribution in [1.29, 1.82) is 0 Å². The second-order valence-electron chi connectivity index (χ2n) is 10.5. The van der Waals surface area contributed by atoms with Gasteiger partial charge in [0.1, 0.15) is 22.9 Å². The van der Waals surface area contributed by atoms with Gasteiger partial charge >= 0.3 is 0 Å². The standard InChI is InChI=1S/C32H41FN6O2/c1-7-10-11-13-38-19-21(4)20-40-29-16-23(6)30(37-32(29)38)31(34)36-27-15-22(5)28(18-26(27)33)41-25-12-14-39(35-9-3)24(8-2)17-25/h8-9,12,14-18,21H,7,10-11,13,19-20H2,1-6H3,(H2,34,36)/b24-8?,35-9-. The summed E-state index contributed by atoms with van der Waals surface area (Å²) >= 11 is 0. The molecular weight excluding hydrogens is 519 g/mol. The number of hydrogen-bond donors (Lipinski definition) is 1. The van der Waals surface area contributed by atoms with Gasteiger partial charge in [-0.3, -0.25) is 0 Å². The van der Waals surface area contributed by atoms with E-state index in [9.17, 15) is 0 Å². The highest BCUT2D eigenvalue weighted by Gasteiger charge is 2.24. The maximum absolute atomic E-state index is 15.3. The smallest absolute Gasteiger partial charge is 0.172 e. The first-order chi connectivity index (χ1) is 19.7. The van der Waals surface area contributed by atoms with Crippen molar-refractivity contribution >= 4 is 23.6 Å². The minimum absolute atomic E-state index is 0.124. The van der Waals surface area contributed by atoms with E-state index in [0.29, 0.717) is 29.7 Å². The molecule has 2 aliphatic heterocycles. The number of amidine groups is 1. The van der Waals surface area contributed by atoms with E-state index in [0.717, 1.165) is 60.7 Å². The molecule has 0 fully saturated rings. The molecule has 0 saturated heterocycles. The number of halogens is 1. The van der Waals surface area contributed by atoms with E-state index < -0.39 is 5.82 Å². The van der Waals surface area contributed by atoms with E-state index in [2.05, 4.69) is 28.8 Å². The summed E-state index contributed by atoms with van der Waals surface area (Å²) in [6.07, 6.45) is 12.4. The highest BCUT2D eigenvalue weighted by Crippen LogP contribution is 2.34. The van der Waals surface area contributed by atoms with E-state index in [4.69, 9.17) is 20.2 Å². The summed E-state index contributed by atoms with van der Waals surface area (Å²) in [7, 11) is 0. The normalized spacial score (nSPS) is 18.4. The molecule has 1 aromatic carbocycles. The van der Waals surface area contributed by atoms with Gasteiger partial charge in [0.25, 0.3) is 0 Å². The van der Waals surface area contributed by atoms with Crippen LogP contribution in [0.2, 0.25) is 0 Å². The van der Waals surface area contributed by atoms with Gasteiger partial charge in [0.2, 0.25) is 0 Å². The first kappa shape index (κ1) is 29.8. The first-order valence-electron chi connectivity index (χ1n) is 14.3. The molecule has 1 atom stereocenters. The predicted molar refractivity (Wildman–Crippen MR) is 165 cm³/mol. The van der Waals surface area contributed by atoms with Crippen molar-refractivity contribution < 1.29 is 13.9 Å². The molecule has 8 nitrogen and oxygen atoms in total. The molecule has 0 amide bonds. The number of unbranched alkanes of at least 4 members (excludes halogenated alkanes) is 2. The number of nitrogens with two attached hydrogens (primary N) is 1. The minimum Gasteiger partial charge on any atom is -0.489 e. The quantitative estimate of drug-likeness (QED) is 0.204. The Hall–Kier alpha value is -4.14. The number of aromatic nitrogens is 1. The summed E-state index contributed by atoms with van der Waals surface area (Å²) in [5.74, 6) is 2.46. The van der Waals surface area contributed by atoms with E-state index in [1.54, 1.807) is 29.6 Å². The summed E-state index contributed by atoms with van der Waals surface area (Å²) in [6, 6.07) is 4.93. The Labute approximate surface area is 242 Å². The van der Waals surface area contributed by atoms with Gasteiger partial charge in [0.15, 0.2) is 23.2 Å². The van der Waals surface area contributed by atoms with Crippen LogP contribution in [0, 0.1) is 25.6 Å². The molecule has 9 heteroatoms. The van der Waals surface area contributed by atoms with Crippen LogP contribution < -0.4 is 20.1 Å². The zero-order valence-electron chi connectivity index (χ0n) is 24.9. The lowest BCUT2D eigenvalue weighted by molar-refractivity contribution is 0.273. The molecule has 0 bridgehead atoms. The Morgan fingerprint density at radius 1 is 1.22 bits per heavy atom. The van der Waals surface area contributed by atoms with Crippen molar-refractivity contribution in [3.63, 3.8) is 0 Å². The van der Waals surface area contributed by atoms with Crippen LogP contribution in [0.1, 0.15) is 63.8 Å². The fourth-order valence-electron chi connectivity index (χ4n) is 4.82. The average Bonchev–Trinajstić information content (AvgIpc) is 3.09. The van der Waals surface area contributed by atoms with Crippen LogP contribution in [0.15, 0.2) is 64.2 Å². The molecule has 2 N–H and O–H groups in total. The van der Waals surface area contributed by atoms with Crippen LogP contribution >= 0.6 is 0 Å². The number of allylic oxidation sites excluding steroid dienone is 3. The van der Waals surface area contributed by atoms with Crippen molar-refractivity contribution in [2.24, 2.45) is 21.7 Å². The molecule has 0 aliphatic carbocycles. The molecular formula is C32H41FN6O2. The molecule has 41 heavy (non-hydrogen) atoms. The molecule has 0 saturated carbocycles. The largest absolute Gasteiger partial charge is 0.489 e. The van der Waals surface area contributed by atoms with Crippen LogP contribution in [-0.4, -0.2) is 41.7 Å². The highest BCUT2D eigenvalue weighted by molar-refractivity contribution is 5.99. The Kier molecular flexibility index (Phi) is 9.81. The van der Waals surface area contributed by atoms with Gasteiger partial charge in [-0.1, -0.05) is 32.8 Å². The van der Waals surface area contributed by atoms with E-state index >= 15 is 4.39 Å². The Morgan fingerprint density at radius 3 is 2.76 bits per heavy atom. The van der Waals surface area contributed by atoms with E-state index in [-0.39, 0.29) is 11.5 Å². The summed E-state index contributed by atoms with van der Waals surface area (Å²) in [5, 5.41) is 6.02. The number of benzene rings is 1. The van der Waals surface area contributed by atoms with Gasteiger partial charge in [-0.05, 0) is 63.5 Å². The number of rotatable bonds is 9. The predicted octanol–water partition coefficient (Wildman–Crippen LogP) is 6.90. The third-order valence-corrected chi connectivity index (χ3v) is 6.97. The van der Waals surface area contributed by atoms with Crippen LogP contribution in [-0.2, 0) is 0 Å². The van der Waals surface area contributed by atoms with Gasteiger partial charge in [-0.15, -0.1) is 0 Å². The van der Waals surface area contributed by atoms with Gasteiger partial charge in [0.05, 0.1) is 12.3 Å². The second kappa shape index (κ2) is 13.5. The lowest BCUT2D eigenvalue weighted by atomic mass is 10.1. The maximum atomic E-state index is 15.3. The average molecular weight is 561 g/mol. The Morgan fingerprint density at radius 2 is 2.02 bits per heavy atom. The van der Waals surface area contributed by atoms with Crippen LogP contribution in [0.25, 0.3) is 0 Å². The molecule has 218 valence electrons. The zero-order valence-corrected chi connectivity index (χ0v) is 24.9. The number of hydrazone groups is 1. The Bertz CT molecular complexity index is 1410. The number of nitrogens with zero attached hydrogens (tertiary/aromatic N) is 5. The number of hydrogen-bond acceptors (Lipinski definition) is 7. The summed E-state index contributed by atoms with van der Waals surface area (Å²) < 4.78 is 27.4. The monoisotopic (exact) mass is 560 g/mol. The van der Waals surface area contributed by atoms with E-state index in [1.165, 1.54) is 6.07 Å². The van der Waals surface area contributed by atoms with Crippen LogP contribution in [0.3, 0.4) is 0 Å². The summed E-state index contributed by atoms with van der Waals surface area (Å²) in [4.78, 5) is 11.6. The first-order valence-corrected chi connectivity index (χ1v) is 14.3. The van der Waals surface area contributed by atoms with Gasteiger partial charge < -0.3 is 20.1 Å². The number of anilines is 1. The van der Waals surface area contributed by atoms with Crippen molar-refractivity contribution in [2.45, 2.75) is 60.8 Å². The number of aryl methyl sites for hydroxylation is 2. The SMILES string of the molecule is CC=C1C=C(Oc2cc(F)c(N=C(N)c3nc4c(cc3C)OCC(C)CN4CCCCC)cc2C)C=CN1/N=C\C. The molecule has 3 heterocycles. The van der Waals surface area contributed by atoms with Crippen molar-refractivity contribution in [3.8, 4) is 11.5 Å². The maximum Gasteiger partial charge on any atom is 0.172 e. The number of aliphatic imine (C=N–C) groups is 1. The minimum atomic E-state index is -0.539. The van der Waals surface area contributed by atoms with Crippen molar-refractivity contribution in [3.05, 3.63) is 76.7 Å². The molecule has 2 aliphatic rings. The lowest BCUT2D eigenvalue weighted by Gasteiger charge is -2.25. The third kappa shape index (κ3) is 7.14. The van der Waals surface area contributed by atoms with Gasteiger partial charge in [-0.2, -0.15) is 5.10 Å².